The number of aromatic nitrogens is 1. The number of rotatable bonds is 5. The third-order valence-corrected chi connectivity index (χ3v) is 3.35. The highest BCUT2D eigenvalue weighted by molar-refractivity contribution is 7.10. The molecule has 2 aromatic rings. The van der Waals surface area contributed by atoms with Gasteiger partial charge in [0.1, 0.15) is 11.6 Å². The lowest BCUT2D eigenvalue weighted by molar-refractivity contribution is -0.0500. The predicted molar refractivity (Wildman–Crippen MR) is 67.2 cm³/mol. The minimum absolute atomic E-state index is 0.0549. The van der Waals surface area contributed by atoms with E-state index < -0.39 is 6.61 Å². The molecule has 0 spiro atoms. The molecule has 0 saturated heterocycles. The van der Waals surface area contributed by atoms with E-state index >= 15 is 0 Å². The SMILES string of the molecule is CC(Nc1ccc(OC(F)F)cn1)c1cccs1. The van der Waals surface area contributed by atoms with Crippen LogP contribution in [0.15, 0.2) is 35.8 Å². The van der Waals surface area contributed by atoms with Gasteiger partial charge in [0.2, 0.25) is 0 Å². The molecule has 1 atom stereocenters. The smallest absolute Gasteiger partial charge is 0.387 e. The van der Waals surface area contributed by atoms with Gasteiger partial charge in [-0.3, -0.25) is 0 Å². The van der Waals surface area contributed by atoms with Crippen LogP contribution in [0, 0.1) is 0 Å². The topological polar surface area (TPSA) is 34.1 Å². The Labute approximate surface area is 107 Å². The van der Waals surface area contributed by atoms with Gasteiger partial charge in [0, 0.05) is 4.88 Å². The molecule has 3 nitrogen and oxygen atoms in total. The van der Waals surface area contributed by atoms with Crippen LogP contribution in [0.1, 0.15) is 17.8 Å². The number of hydrogen-bond donors (Lipinski definition) is 1. The predicted octanol–water partition coefficient (Wildman–Crippen LogP) is 3.92. The molecular formula is C12H12F2N2OS. The molecule has 0 aliphatic heterocycles. The molecule has 6 heteroatoms. The summed E-state index contributed by atoms with van der Waals surface area (Å²) in [5, 5.41) is 5.18. The molecule has 0 aromatic carbocycles. The molecule has 96 valence electrons. The van der Waals surface area contributed by atoms with Gasteiger partial charge in [-0.1, -0.05) is 6.07 Å². The summed E-state index contributed by atoms with van der Waals surface area (Å²) < 4.78 is 28.1. The molecule has 2 heterocycles. The normalized spacial score (nSPS) is 12.4. The van der Waals surface area contributed by atoms with Crippen LogP contribution in [-0.4, -0.2) is 11.6 Å². The van der Waals surface area contributed by atoms with E-state index in [1.165, 1.54) is 17.1 Å². The van der Waals surface area contributed by atoms with E-state index in [2.05, 4.69) is 15.0 Å². The maximum atomic E-state index is 12.0. The van der Waals surface area contributed by atoms with Crippen LogP contribution in [0.4, 0.5) is 14.6 Å². The average Bonchev–Trinajstić information content (AvgIpc) is 2.84. The highest BCUT2D eigenvalue weighted by Gasteiger charge is 2.08. The number of pyridine rings is 1. The number of nitrogens with one attached hydrogen (secondary N) is 1. The molecule has 2 aromatic heterocycles. The van der Waals surface area contributed by atoms with E-state index in [4.69, 9.17) is 0 Å². The first-order valence-corrected chi connectivity index (χ1v) is 6.24. The van der Waals surface area contributed by atoms with Crippen LogP contribution in [0.3, 0.4) is 0 Å². The van der Waals surface area contributed by atoms with Gasteiger partial charge in [-0.05, 0) is 30.5 Å². The average molecular weight is 270 g/mol. The van der Waals surface area contributed by atoms with Crippen molar-refractivity contribution in [3.8, 4) is 5.75 Å². The Morgan fingerprint density at radius 2 is 2.17 bits per heavy atom. The third-order valence-electron chi connectivity index (χ3n) is 2.30. The molecule has 1 N–H and O–H groups in total. The first kappa shape index (κ1) is 12.8. The van der Waals surface area contributed by atoms with Crippen molar-refractivity contribution in [2.75, 3.05) is 5.32 Å². The summed E-state index contributed by atoms with van der Waals surface area (Å²) >= 11 is 1.65. The second-order valence-corrected chi connectivity index (χ2v) is 4.62. The summed E-state index contributed by atoms with van der Waals surface area (Å²) in [5.74, 6) is 0.678. The number of nitrogens with zero attached hydrogens (tertiary/aromatic N) is 1. The largest absolute Gasteiger partial charge is 0.433 e. The van der Waals surface area contributed by atoms with E-state index in [0.717, 1.165) is 0 Å². The molecule has 0 aliphatic rings. The van der Waals surface area contributed by atoms with Crippen LogP contribution in [0.25, 0.3) is 0 Å². The number of anilines is 1. The summed E-state index contributed by atoms with van der Waals surface area (Å²) in [6.45, 7) is -0.812. The molecule has 0 fully saturated rings. The van der Waals surface area contributed by atoms with Crippen molar-refractivity contribution in [1.29, 1.82) is 0 Å². The highest BCUT2D eigenvalue weighted by Crippen LogP contribution is 2.23. The molecule has 0 amide bonds. The molecular weight excluding hydrogens is 258 g/mol. The summed E-state index contributed by atoms with van der Waals surface area (Å²) in [4.78, 5) is 5.20. The van der Waals surface area contributed by atoms with Crippen molar-refractivity contribution in [2.45, 2.75) is 19.6 Å². The van der Waals surface area contributed by atoms with Gasteiger partial charge in [0.25, 0.3) is 0 Å². The van der Waals surface area contributed by atoms with Gasteiger partial charge < -0.3 is 10.1 Å². The molecule has 0 radical (unpaired) electrons. The third kappa shape index (κ3) is 3.40. The van der Waals surface area contributed by atoms with E-state index in [9.17, 15) is 8.78 Å². The van der Waals surface area contributed by atoms with Gasteiger partial charge in [-0.25, -0.2) is 4.98 Å². The van der Waals surface area contributed by atoms with E-state index in [-0.39, 0.29) is 11.8 Å². The zero-order valence-electron chi connectivity index (χ0n) is 9.64. The van der Waals surface area contributed by atoms with E-state index in [0.29, 0.717) is 5.82 Å². The van der Waals surface area contributed by atoms with Crippen molar-refractivity contribution in [3.63, 3.8) is 0 Å². The maximum Gasteiger partial charge on any atom is 0.387 e. The van der Waals surface area contributed by atoms with Crippen LogP contribution in [0.5, 0.6) is 5.75 Å². The maximum absolute atomic E-state index is 12.0. The lowest BCUT2D eigenvalue weighted by atomic mass is 10.3. The summed E-state index contributed by atoms with van der Waals surface area (Å²) in [7, 11) is 0. The summed E-state index contributed by atoms with van der Waals surface area (Å²) in [5.41, 5.74) is 0. The minimum atomic E-state index is -2.82. The Kier molecular flexibility index (Phi) is 4.09. The van der Waals surface area contributed by atoms with Crippen molar-refractivity contribution >= 4 is 17.2 Å². The number of ether oxygens (including phenoxy) is 1. The summed E-state index contributed by atoms with van der Waals surface area (Å²) in [6, 6.07) is 7.20. The Morgan fingerprint density at radius 1 is 1.33 bits per heavy atom. The Balaban J connectivity index is 1.98. The minimum Gasteiger partial charge on any atom is -0.433 e. The number of hydrogen-bond acceptors (Lipinski definition) is 4. The monoisotopic (exact) mass is 270 g/mol. The quantitative estimate of drug-likeness (QED) is 0.894. The fourth-order valence-electron chi connectivity index (χ4n) is 1.47. The first-order valence-electron chi connectivity index (χ1n) is 5.36. The van der Waals surface area contributed by atoms with Crippen LogP contribution in [0.2, 0.25) is 0 Å². The van der Waals surface area contributed by atoms with Gasteiger partial charge in [-0.2, -0.15) is 8.78 Å². The highest BCUT2D eigenvalue weighted by atomic mass is 32.1. The second kappa shape index (κ2) is 5.77. The van der Waals surface area contributed by atoms with Crippen molar-refractivity contribution < 1.29 is 13.5 Å². The fraction of sp³-hybridized carbons (Fsp3) is 0.250. The van der Waals surface area contributed by atoms with Crippen molar-refractivity contribution in [2.24, 2.45) is 0 Å². The number of halogens is 2. The number of thiophene rings is 1. The molecule has 0 aliphatic carbocycles. The van der Waals surface area contributed by atoms with E-state index in [1.54, 1.807) is 17.4 Å². The van der Waals surface area contributed by atoms with Crippen LogP contribution in [-0.2, 0) is 0 Å². The standard InChI is InChI=1S/C12H12F2N2OS/c1-8(10-3-2-6-18-10)16-11-5-4-9(7-15-11)17-12(13)14/h2-8,12H,1H3,(H,15,16). The molecule has 0 saturated carbocycles. The van der Waals surface area contributed by atoms with Crippen molar-refractivity contribution in [1.82, 2.24) is 4.98 Å². The Bertz CT molecular complexity index is 473. The van der Waals surface area contributed by atoms with Crippen LogP contribution < -0.4 is 10.1 Å². The zero-order valence-corrected chi connectivity index (χ0v) is 10.5. The lowest BCUT2D eigenvalue weighted by Crippen LogP contribution is -2.07. The molecule has 0 bridgehead atoms. The fourth-order valence-corrected chi connectivity index (χ4v) is 2.20. The van der Waals surface area contributed by atoms with Gasteiger partial charge in [0.05, 0.1) is 12.2 Å². The molecule has 18 heavy (non-hydrogen) atoms. The van der Waals surface area contributed by atoms with Crippen molar-refractivity contribution in [3.05, 3.63) is 40.7 Å². The Hall–Kier alpha value is -1.69. The second-order valence-electron chi connectivity index (χ2n) is 3.64. The molecule has 1 unspecified atom stereocenters. The summed E-state index contributed by atoms with van der Waals surface area (Å²) in [6.07, 6.45) is 1.27. The first-order chi connectivity index (χ1) is 8.65. The molecule has 2 rings (SSSR count). The van der Waals surface area contributed by atoms with Gasteiger partial charge >= 0.3 is 6.61 Å². The van der Waals surface area contributed by atoms with E-state index in [1.807, 2.05) is 24.4 Å². The number of alkyl halides is 2. The van der Waals surface area contributed by atoms with Gasteiger partial charge in [-0.15, -0.1) is 11.3 Å². The zero-order chi connectivity index (χ0) is 13.0. The lowest BCUT2D eigenvalue weighted by Gasteiger charge is -2.13. The van der Waals surface area contributed by atoms with Crippen LogP contribution >= 0.6 is 11.3 Å². The Morgan fingerprint density at radius 3 is 2.72 bits per heavy atom. The van der Waals surface area contributed by atoms with Gasteiger partial charge in [0.15, 0.2) is 0 Å².